The first kappa shape index (κ1) is 12.3. The summed E-state index contributed by atoms with van der Waals surface area (Å²) in [7, 11) is 1.41. The third-order valence-corrected chi connectivity index (χ3v) is 3.13. The van der Waals surface area contributed by atoms with Gasteiger partial charge in [0, 0.05) is 0 Å². The van der Waals surface area contributed by atoms with Crippen LogP contribution in [-0.2, 0) is 4.74 Å². The van der Waals surface area contributed by atoms with E-state index >= 15 is 0 Å². The van der Waals surface area contributed by atoms with Gasteiger partial charge in [0.25, 0.3) is 0 Å². The van der Waals surface area contributed by atoms with Crippen molar-refractivity contribution in [2.45, 2.75) is 38.1 Å². The molecule has 0 aromatic heterocycles. The lowest BCUT2D eigenvalue weighted by atomic mass is 10.0. The highest BCUT2D eigenvalue weighted by molar-refractivity contribution is 5.30. The van der Waals surface area contributed by atoms with E-state index in [1.165, 1.54) is 19.2 Å². The highest BCUT2D eigenvalue weighted by Gasteiger charge is 2.29. The lowest BCUT2D eigenvalue weighted by molar-refractivity contribution is -0.0298. The summed E-state index contributed by atoms with van der Waals surface area (Å²) in [6, 6.07) is 4.49. The minimum atomic E-state index is -0.777. The number of ether oxygens (including phenoxy) is 2. The van der Waals surface area contributed by atoms with Gasteiger partial charge in [-0.3, -0.25) is 0 Å². The molecule has 0 radical (unpaired) electrons. The first-order chi connectivity index (χ1) is 8.11. The first-order valence-corrected chi connectivity index (χ1v) is 5.78. The van der Waals surface area contributed by atoms with Crippen molar-refractivity contribution in [1.82, 2.24) is 0 Å². The second kappa shape index (κ2) is 5.02. The van der Waals surface area contributed by atoms with E-state index in [1.54, 1.807) is 6.07 Å². The fraction of sp³-hybridized carbons (Fsp3) is 0.538. The summed E-state index contributed by atoms with van der Waals surface area (Å²) in [5.41, 5.74) is 0.530. The Morgan fingerprint density at radius 1 is 1.47 bits per heavy atom. The number of rotatable bonds is 3. The van der Waals surface area contributed by atoms with Crippen LogP contribution in [0, 0.1) is 5.82 Å². The maximum atomic E-state index is 13.5. The van der Waals surface area contributed by atoms with Gasteiger partial charge in [0.15, 0.2) is 11.6 Å². The van der Waals surface area contributed by atoms with Crippen LogP contribution >= 0.6 is 0 Å². The predicted molar refractivity (Wildman–Crippen MR) is 61.5 cm³/mol. The van der Waals surface area contributed by atoms with Gasteiger partial charge in [-0.2, -0.15) is 0 Å². The molecule has 17 heavy (non-hydrogen) atoms. The normalized spacial score (nSPS) is 25.9. The summed E-state index contributed by atoms with van der Waals surface area (Å²) < 4.78 is 23.9. The summed E-state index contributed by atoms with van der Waals surface area (Å²) in [6.07, 6.45) is 0.881. The van der Waals surface area contributed by atoms with Gasteiger partial charge in [0.2, 0.25) is 0 Å². The number of halogens is 1. The standard InChI is InChI=1S/C13H17FO3/c1-8-3-5-12(17-8)13(15)9-4-6-11(16-2)10(14)7-9/h4,6-8,12-13,15H,3,5H2,1-2H3. The molecule has 2 rings (SSSR count). The van der Waals surface area contributed by atoms with Gasteiger partial charge in [-0.15, -0.1) is 0 Å². The van der Waals surface area contributed by atoms with Gasteiger partial charge in [-0.25, -0.2) is 4.39 Å². The molecule has 0 bridgehead atoms. The summed E-state index contributed by atoms with van der Waals surface area (Å²) in [5, 5.41) is 10.1. The monoisotopic (exact) mass is 240 g/mol. The van der Waals surface area contributed by atoms with Crippen LogP contribution in [-0.4, -0.2) is 24.4 Å². The van der Waals surface area contributed by atoms with E-state index in [2.05, 4.69) is 0 Å². The molecule has 1 heterocycles. The molecule has 1 aromatic rings. The van der Waals surface area contributed by atoms with Crippen molar-refractivity contribution < 1.29 is 19.0 Å². The molecule has 1 saturated heterocycles. The summed E-state index contributed by atoms with van der Waals surface area (Å²) >= 11 is 0. The Morgan fingerprint density at radius 2 is 2.24 bits per heavy atom. The van der Waals surface area contributed by atoms with Crippen molar-refractivity contribution in [3.63, 3.8) is 0 Å². The van der Waals surface area contributed by atoms with Crippen molar-refractivity contribution in [1.29, 1.82) is 0 Å². The largest absolute Gasteiger partial charge is 0.494 e. The van der Waals surface area contributed by atoms with Crippen molar-refractivity contribution in [2.75, 3.05) is 7.11 Å². The molecule has 3 nitrogen and oxygen atoms in total. The molecule has 1 fully saturated rings. The van der Waals surface area contributed by atoms with Crippen molar-refractivity contribution >= 4 is 0 Å². The van der Waals surface area contributed by atoms with E-state index in [9.17, 15) is 9.50 Å². The average molecular weight is 240 g/mol. The second-order valence-corrected chi connectivity index (χ2v) is 4.40. The Labute approximate surface area is 100 Å². The van der Waals surface area contributed by atoms with Gasteiger partial charge in [-0.1, -0.05) is 6.07 Å². The van der Waals surface area contributed by atoms with Crippen molar-refractivity contribution in [3.8, 4) is 5.75 Å². The molecule has 94 valence electrons. The lowest BCUT2D eigenvalue weighted by Gasteiger charge is -2.19. The van der Waals surface area contributed by atoms with Gasteiger partial charge in [0.1, 0.15) is 6.10 Å². The highest BCUT2D eigenvalue weighted by Crippen LogP contribution is 2.31. The molecule has 3 atom stereocenters. The topological polar surface area (TPSA) is 38.7 Å². The van der Waals surface area contributed by atoms with E-state index in [0.29, 0.717) is 5.56 Å². The van der Waals surface area contributed by atoms with Gasteiger partial charge in [0.05, 0.1) is 19.3 Å². The Balaban J connectivity index is 2.14. The highest BCUT2D eigenvalue weighted by atomic mass is 19.1. The summed E-state index contributed by atoms with van der Waals surface area (Å²) in [4.78, 5) is 0. The second-order valence-electron chi connectivity index (χ2n) is 4.40. The van der Waals surface area contributed by atoms with E-state index in [4.69, 9.17) is 9.47 Å². The zero-order chi connectivity index (χ0) is 12.4. The quantitative estimate of drug-likeness (QED) is 0.882. The molecule has 1 aliphatic rings. The Bertz CT molecular complexity index is 394. The fourth-order valence-electron chi connectivity index (χ4n) is 2.15. The van der Waals surface area contributed by atoms with Crippen LogP contribution in [0.1, 0.15) is 31.4 Å². The Hall–Kier alpha value is -1.13. The van der Waals surface area contributed by atoms with Crippen LogP contribution < -0.4 is 4.74 Å². The minimum absolute atomic E-state index is 0.165. The van der Waals surface area contributed by atoms with E-state index in [0.717, 1.165) is 12.8 Å². The first-order valence-electron chi connectivity index (χ1n) is 5.78. The van der Waals surface area contributed by atoms with Crippen LogP contribution in [0.15, 0.2) is 18.2 Å². The van der Waals surface area contributed by atoms with Crippen LogP contribution in [0.5, 0.6) is 5.75 Å². The lowest BCUT2D eigenvalue weighted by Crippen LogP contribution is -2.18. The number of benzene rings is 1. The molecular weight excluding hydrogens is 223 g/mol. The van der Waals surface area contributed by atoms with E-state index in [1.807, 2.05) is 6.92 Å². The molecule has 3 unspecified atom stereocenters. The fourth-order valence-corrected chi connectivity index (χ4v) is 2.15. The van der Waals surface area contributed by atoms with Gasteiger partial charge in [-0.05, 0) is 37.5 Å². The number of methoxy groups -OCH3 is 1. The zero-order valence-electron chi connectivity index (χ0n) is 10.0. The smallest absolute Gasteiger partial charge is 0.165 e. The van der Waals surface area contributed by atoms with Gasteiger partial charge < -0.3 is 14.6 Å². The van der Waals surface area contributed by atoms with Crippen molar-refractivity contribution in [2.24, 2.45) is 0 Å². The average Bonchev–Trinajstić information content (AvgIpc) is 2.75. The molecule has 0 spiro atoms. The predicted octanol–water partition coefficient (Wildman–Crippen LogP) is 2.44. The third-order valence-electron chi connectivity index (χ3n) is 3.13. The molecule has 4 heteroatoms. The Morgan fingerprint density at radius 3 is 2.76 bits per heavy atom. The number of hydrogen-bond donors (Lipinski definition) is 1. The molecule has 1 aliphatic heterocycles. The van der Waals surface area contributed by atoms with E-state index < -0.39 is 11.9 Å². The molecule has 0 amide bonds. The maximum absolute atomic E-state index is 13.5. The SMILES string of the molecule is COc1ccc(C(O)C2CCC(C)O2)cc1F. The molecule has 1 N–H and O–H groups in total. The number of aliphatic hydroxyl groups excluding tert-OH is 1. The van der Waals surface area contributed by atoms with Crippen LogP contribution in [0.25, 0.3) is 0 Å². The van der Waals surface area contributed by atoms with Crippen LogP contribution in [0.2, 0.25) is 0 Å². The summed E-state index contributed by atoms with van der Waals surface area (Å²) in [6.45, 7) is 1.97. The van der Waals surface area contributed by atoms with Gasteiger partial charge >= 0.3 is 0 Å². The molecule has 0 aliphatic carbocycles. The number of hydrogen-bond acceptors (Lipinski definition) is 3. The number of aliphatic hydroxyl groups is 1. The maximum Gasteiger partial charge on any atom is 0.165 e. The molecule has 0 saturated carbocycles. The molecular formula is C13H17FO3. The Kier molecular flexibility index (Phi) is 3.64. The van der Waals surface area contributed by atoms with Crippen LogP contribution in [0.4, 0.5) is 4.39 Å². The zero-order valence-corrected chi connectivity index (χ0v) is 10.0. The van der Waals surface area contributed by atoms with Crippen LogP contribution in [0.3, 0.4) is 0 Å². The molecule has 1 aromatic carbocycles. The third kappa shape index (κ3) is 2.58. The minimum Gasteiger partial charge on any atom is -0.494 e. The van der Waals surface area contributed by atoms with E-state index in [-0.39, 0.29) is 18.0 Å². The van der Waals surface area contributed by atoms with Crippen molar-refractivity contribution in [3.05, 3.63) is 29.6 Å². The summed E-state index contributed by atoms with van der Waals surface area (Å²) in [5.74, 6) is -0.281.